The highest BCUT2D eigenvalue weighted by molar-refractivity contribution is 7.87. The van der Waals surface area contributed by atoms with E-state index in [-0.39, 0.29) is 58.3 Å². The van der Waals surface area contributed by atoms with Crippen LogP contribution in [0.4, 0.5) is 13.2 Å². The molecule has 0 radical (unpaired) electrons. The Bertz CT molecular complexity index is 1570. The fraction of sp³-hybridized carbons (Fsp3) is 0.711. The standard InChI is InChI=1S/C38H51F3O5S/c1-24(2)26-15-20-37(32(42)45-23-25-11-9-8-10-12-25)22-21-35(6)27(31(26)37)13-14-29-34(5)18-17-30(46-47(43,44)38(39,40)41)33(3,4)28(34)16-19-36(29,35)7/h8-12,17,26-29,31H,1,13-16,18-23H2,2-7H3/t26-,27+,28?,29?,31+,34-,35+,36+,37-/m0/s1. The second-order valence-corrected chi connectivity index (χ2v) is 18.4. The third-order valence-electron chi connectivity index (χ3n) is 14.7. The molecule has 5 nitrogen and oxygen atoms in total. The number of hydrogen-bond acceptors (Lipinski definition) is 5. The van der Waals surface area contributed by atoms with Crippen LogP contribution in [0.1, 0.15) is 105 Å². The Hall–Kier alpha value is -2.29. The van der Waals surface area contributed by atoms with Crippen molar-refractivity contribution in [3.05, 3.63) is 59.9 Å². The summed E-state index contributed by atoms with van der Waals surface area (Å²) in [6, 6.07) is 9.84. The van der Waals surface area contributed by atoms with Crippen LogP contribution in [0.25, 0.3) is 0 Å². The maximum atomic E-state index is 14.2. The fourth-order valence-corrected chi connectivity index (χ4v) is 12.9. The molecule has 0 N–H and O–H groups in total. The molecule has 9 heteroatoms. The van der Waals surface area contributed by atoms with Gasteiger partial charge in [-0.15, -0.1) is 0 Å². The quantitative estimate of drug-likeness (QED) is 0.130. The molecule has 4 fully saturated rings. The first-order valence-corrected chi connectivity index (χ1v) is 18.7. The fourth-order valence-electron chi connectivity index (χ4n) is 12.3. The van der Waals surface area contributed by atoms with Crippen LogP contribution >= 0.6 is 0 Å². The number of esters is 1. The summed E-state index contributed by atoms with van der Waals surface area (Å²) in [5.41, 5.74) is -5.13. The number of alkyl halides is 3. The third-order valence-corrected chi connectivity index (χ3v) is 15.6. The molecule has 0 saturated heterocycles. The predicted molar refractivity (Wildman–Crippen MR) is 175 cm³/mol. The molecular formula is C38H51F3O5S. The largest absolute Gasteiger partial charge is 0.534 e. The Balaban J connectivity index is 1.32. The minimum atomic E-state index is -5.75. The van der Waals surface area contributed by atoms with Crippen molar-refractivity contribution in [2.24, 2.45) is 56.7 Å². The van der Waals surface area contributed by atoms with E-state index in [4.69, 9.17) is 8.92 Å². The zero-order valence-electron chi connectivity index (χ0n) is 28.7. The minimum Gasteiger partial charge on any atom is -0.460 e. The lowest BCUT2D eigenvalue weighted by Gasteiger charge is -2.72. The van der Waals surface area contributed by atoms with Gasteiger partial charge in [0.2, 0.25) is 0 Å². The van der Waals surface area contributed by atoms with Crippen LogP contribution < -0.4 is 0 Å². The Labute approximate surface area is 278 Å². The summed E-state index contributed by atoms with van der Waals surface area (Å²) in [5.74, 6) is 0.807. The van der Waals surface area contributed by atoms with Crippen molar-refractivity contribution in [3.63, 3.8) is 0 Å². The zero-order valence-corrected chi connectivity index (χ0v) is 29.5. The molecule has 1 aromatic rings. The molecule has 9 atom stereocenters. The van der Waals surface area contributed by atoms with Gasteiger partial charge in [0.25, 0.3) is 0 Å². The van der Waals surface area contributed by atoms with Crippen LogP contribution in [0, 0.1) is 56.7 Å². The summed E-state index contributed by atoms with van der Waals surface area (Å²) in [5, 5.41) is 0. The number of fused-ring (bicyclic) bond motifs is 7. The summed E-state index contributed by atoms with van der Waals surface area (Å²) in [4.78, 5) is 14.2. The lowest BCUT2D eigenvalue weighted by atomic mass is 9.32. The van der Waals surface area contributed by atoms with Crippen molar-refractivity contribution in [1.29, 1.82) is 0 Å². The Morgan fingerprint density at radius 3 is 2.23 bits per heavy atom. The SMILES string of the molecule is C=C(C)[C@@H]1CC[C@]2(C(=O)OCc3ccccc3)CC[C@]3(C)[C@H](CCC4[C@@]5(C)CC=C(OS(=O)(=O)C(F)(F)F)C(C)(C)C5CC[C@]43C)[C@@H]12. The molecule has 47 heavy (non-hydrogen) atoms. The number of rotatable bonds is 6. The van der Waals surface area contributed by atoms with Gasteiger partial charge in [-0.25, -0.2) is 0 Å². The van der Waals surface area contributed by atoms with Crippen molar-refractivity contribution >= 4 is 16.1 Å². The van der Waals surface area contributed by atoms with Crippen molar-refractivity contribution in [1.82, 2.24) is 0 Å². The molecule has 5 aliphatic rings. The molecule has 260 valence electrons. The lowest BCUT2D eigenvalue weighted by molar-refractivity contribution is -0.232. The molecular weight excluding hydrogens is 625 g/mol. The van der Waals surface area contributed by atoms with Crippen molar-refractivity contribution in [2.45, 2.75) is 111 Å². The van der Waals surface area contributed by atoms with Gasteiger partial charge in [-0.2, -0.15) is 21.6 Å². The summed E-state index contributed by atoms with van der Waals surface area (Å²) in [6.45, 7) is 17.6. The number of benzene rings is 1. The normalized spacial score (nSPS) is 41.0. The van der Waals surface area contributed by atoms with Crippen LogP contribution in [-0.2, 0) is 30.4 Å². The summed E-state index contributed by atoms with van der Waals surface area (Å²) in [6.07, 6.45) is 9.14. The van der Waals surface area contributed by atoms with Gasteiger partial charge >= 0.3 is 21.6 Å². The van der Waals surface area contributed by atoms with Gasteiger partial charge in [0.15, 0.2) is 0 Å². The highest BCUT2D eigenvalue weighted by Gasteiger charge is 2.72. The first kappa shape index (κ1) is 34.6. The van der Waals surface area contributed by atoms with Gasteiger partial charge in [0.05, 0.1) is 5.41 Å². The van der Waals surface area contributed by atoms with E-state index in [0.29, 0.717) is 12.3 Å². The molecule has 0 bridgehead atoms. The molecule has 5 aliphatic carbocycles. The second-order valence-electron chi connectivity index (χ2n) is 16.9. The average Bonchev–Trinajstić information content (AvgIpc) is 3.39. The van der Waals surface area contributed by atoms with Gasteiger partial charge in [-0.1, -0.05) is 77.1 Å². The molecule has 0 heterocycles. The van der Waals surface area contributed by atoms with Crippen molar-refractivity contribution in [2.75, 3.05) is 0 Å². The summed E-state index contributed by atoms with van der Waals surface area (Å²) >= 11 is 0. The highest BCUT2D eigenvalue weighted by Crippen LogP contribution is 2.77. The van der Waals surface area contributed by atoms with Crippen LogP contribution in [0.2, 0.25) is 0 Å². The Morgan fingerprint density at radius 1 is 0.915 bits per heavy atom. The maximum absolute atomic E-state index is 14.2. The van der Waals surface area contributed by atoms with Gasteiger partial charge < -0.3 is 8.92 Å². The van der Waals surface area contributed by atoms with Crippen LogP contribution in [0.3, 0.4) is 0 Å². The van der Waals surface area contributed by atoms with E-state index >= 15 is 0 Å². The first-order chi connectivity index (χ1) is 21.7. The molecule has 0 amide bonds. The van der Waals surface area contributed by atoms with E-state index in [9.17, 15) is 26.4 Å². The van der Waals surface area contributed by atoms with E-state index in [1.807, 2.05) is 44.2 Å². The molecule has 2 unspecified atom stereocenters. The summed E-state index contributed by atoms with van der Waals surface area (Å²) < 4.78 is 75.0. The van der Waals surface area contributed by atoms with Crippen molar-refractivity contribution in [3.8, 4) is 0 Å². The molecule has 1 aromatic carbocycles. The van der Waals surface area contributed by atoms with E-state index in [1.54, 1.807) is 6.08 Å². The van der Waals surface area contributed by atoms with Crippen LogP contribution in [0.15, 0.2) is 54.3 Å². The van der Waals surface area contributed by atoms with E-state index < -0.39 is 26.5 Å². The second kappa shape index (κ2) is 11.1. The monoisotopic (exact) mass is 676 g/mol. The number of carbonyl (C=O) groups excluding carboxylic acids is 1. The third kappa shape index (κ3) is 4.97. The average molecular weight is 677 g/mol. The molecule has 0 spiro atoms. The zero-order chi connectivity index (χ0) is 34.4. The number of halogens is 3. The summed E-state index contributed by atoms with van der Waals surface area (Å²) in [7, 11) is -5.75. The number of carbonyl (C=O) groups is 1. The highest BCUT2D eigenvalue weighted by atomic mass is 32.2. The van der Waals surface area contributed by atoms with Crippen LogP contribution in [0.5, 0.6) is 0 Å². The molecule has 4 saturated carbocycles. The topological polar surface area (TPSA) is 69.7 Å². The van der Waals surface area contributed by atoms with Gasteiger partial charge in [-0.05, 0) is 122 Å². The molecule has 0 aliphatic heterocycles. The van der Waals surface area contributed by atoms with Gasteiger partial charge in [0.1, 0.15) is 12.4 Å². The van der Waals surface area contributed by atoms with E-state index in [0.717, 1.165) is 62.5 Å². The minimum absolute atomic E-state index is 0.0399. The van der Waals surface area contributed by atoms with Gasteiger partial charge in [0, 0.05) is 5.41 Å². The van der Waals surface area contributed by atoms with Crippen molar-refractivity contribution < 1.29 is 35.3 Å². The Kier molecular flexibility index (Phi) is 8.17. The van der Waals surface area contributed by atoms with E-state index in [2.05, 4.69) is 34.3 Å². The van der Waals surface area contributed by atoms with Gasteiger partial charge in [-0.3, -0.25) is 4.79 Å². The number of hydrogen-bond donors (Lipinski definition) is 0. The predicted octanol–water partition coefficient (Wildman–Crippen LogP) is 9.75. The molecule has 0 aromatic heterocycles. The number of allylic oxidation sites excluding steroid dienone is 3. The maximum Gasteiger partial charge on any atom is 0.534 e. The number of ether oxygens (including phenoxy) is 1. The smallest absolute Gasteiger partial charge is 0.460 e. The Morgan fingerprint density at radius 2 is 1.60 bits per heavy atom. The van der Waals surface area contributed by atoms with Crippen LogP contribution in [-0.4, -0.2) is 19.9 Å². The molecule has 6 rings (SSSR count). The van der Waals surface area contributed by atoms with E-state index in [1.165, 1.54) is 0 Å². The first-order valence-electron chi connectivity index (χ1n) is 17.3. The lowest BCUT2D eigenvalue weighted by Crippen LogP contribution is -2.66.